The van der Waals surface area contributed by atoms with Gasteiger partial charge in [0.25, 0.3) is 0 Å². The zero-order valence-corrected chi connectivity index (χ0v) is 8.35. The highest BCUT2D eigenvalue weighted by molar-refractivity contribution is 5.83. The first-order chi connectivity index (χ1) is 5.57. The smallest absolute Gasteiger partial charge is 0.128 e. The van der Waals surface area contributed by atoms with Crippen LogP contribution >= 0.6 is 0 Å². The van der Waals surface area contributed by atoms with Crippen molar-refractivity contribution in [1.29, 1.82) is 0 Å². The maximum absolute atomic E-state index is 5.04. The summed E-state index contributed by atoms with van der Waals surface area (Å²) >= 11 is 0. The number of allylic oxidation sites excluding steroid dienone is 1. The molecule has 0 aromatic carbocycles. The number of amidine groups is 1. The molecule has 3 nitrogen and oxygen atoms in total. The second-order valence-corrected chi connectivity index (χ2v) is 2.92. The summed E-state index contributed by atoms with van der Waals surface area (Å²) in [6.45, 7) is 12.2. The Labute approximate surface area is 74.5 Å². The van der Waals surface area contributed by atoms with E-state index in [2.05, 4.69) is 17.1 Å². The maximum Gasteiger partial charge on any atom is 0.128 e. The number of hydrogen-bond acceptors (Lipinski definition) is 2. The Morgan fingerprint density at radius 1 is 1.58 bits per heavy atom. The van der Waals surface area contributed by atoms with Crippen LogP contribution in [-0.4, -0.2) is 12.4 Å². The first-order valence-corrected chi connectivity index (χ1v) is 4.19. The van der Waals surface area contributed by atoms with E-state index in [0.717, 1.165) is 11.5 Å². The lowest BCUT2D eigenvalue weighted by molar-refractivity contribution is 0.0936. The van der Waals surface area contributed by atoms with E-state index in [1.165, 1.54) is 0 Å². The molecule has 0 aromatic rings. The predicted molar refractivity (Wildman–Crippen MR) is 51.8 cm³/mol. The van der Waals surface area contributed by atoms with E-state index in [9.17, 15) is 0 Å². The molecule has 0 fully saturated rings. The normalized spacial score (nSPS) is 11.9. The maximum atomic E-state index is 5.04. The number of hydrogen-bond donors (Lipinski definition) is 1. The van der Waals surface area contributed by atoms with Crippen molar-refractivity contribution in [2.24, 2.45) is 10.9 Å². The zero-order chi connectivity index (χ0) is 9.56. The molecule has 1 N–H and O–H groups in total. The Balaban J connectivity index is 4.13. The van der Waals surface area contributed by atoms with E-state index in [0.29, 0.717) is 12.5 Å². The first-order valence-electron chi connectivity index (χ1n) is 4.19. The van der Waals surface area contributed by atoms with Crippen molar-refractivity contribution in [3.05, 3.63) is 12.3 Å². The molecule has 70 valence electrons. The summed E-state index contributed by atoms with van der Waals surface area (Å²) < 4.78 is 0. The van der Waals surface area contributed by atoms with E-state index in [1.807, 2.05) is 27.7 Å². The highest BCUT2D eigenvalue weighted by Gasteiger charge is 2.03. The summed E-state index contributed by atoms with van der Waals surface area (Å²) in [5.41, 5.74) is 3.57. The summed E-state index contributed by atoms with van der Waals surface area (Å²) in [5, 5.41) is 0. The van der Waals surface area contributed by atoms with Gasteiger partial charge in [-0.2, -0.15) is 0 Å². The molecule has 3 heteroatoms. The predicted octanol–water partition coefficient (Wildman–Crippen LogP) is 2.12. The minimum absolute atomic E-state index is 0.327. The molecule has 12 heavy (non-hydrogen) atoms. The fraction of sp³-hybridized carbons (Fsp3) is 0.667. The van der Waals surface area contributed by atoms with E-state index in [4.69, 9.17) is 4.84 Å². The van der Waals surface area contributed by atoms with Gasteiger partial charge in [0.15, 0.2) is 0 Å². The van der Waals surface area contributed by atoms with E-state index in [1.54, 1.807) is 0 Å². The quantitative estimate of drug-likeness (QED) is 0.398. The van der Waals surface area contributed by atoms with Crippen molar-refractivity contribution in [3.63, 3.8) is 0 Å². The number of aliphatic imine (C=N–C) groups is 1. The Morgan fingerprint density at radius 2 is 2.17 bits per heavy atom. The molecular weight excluding hydrogens is 152 g/mol. The Morgan fingerprint density at radius 3 is 2.50 bits per heavy atom. The fourth-order valence-electron chi connectivity index (χ4n) is 0.622. The Hall–Kier alpha value is -0.830. The summed E-state index contributed by atoms with van der Waals surface area (Å²) in [6.07, 6.45) is 0. The van der Waals surface area contributed by atoms with Crippen molar-refractivity contribution in [1.82, 2.24) is 5.48 Å². The standard InChI is InChI=1S/C9H18N2O/c1-6-12-11-9(7(2)3)10-8(4)5/h7H,4,6H2,1-3,5H3,(H,10,11). The molecule has 0 aromatic heterocycles. The molecule has 0 saturated heterocycles. The van der Waals surface area contributed by atoms with Gasteiger partial charge in [-0.15, -0.1) is 0 Å². The minimum Gasteiger partial charge on any atom is -0.275 e. The van der Waals surface area contributed by atoms with Crippen LogP contribution in [0.1, 0.15) is 27.7 Å². The molecule has 0 aliphatic carbocycles. The van der Waals surface area contributed by atoms with Crippen LogP contribution in [0, 0.1) is 5.92 Å². The van der Waals surface area contributed by atoms with Crippen LogP contribution in [0.25, 0.3) is 0 Å². The minimum atomic E-state index is 0.327. The SMILES string of the molecule is C=C(C)N=C(NOCC)C(C)C. The average Bonchev–Trinajstić information content (AvgIpc) is 1.96. The largest absolute Gasteiger partial charge is 0.275 e. The monoisotopic (exact) mass is 170 g/mol. The van der Waals surface area contributed by atoms with Crippen molar-refractivity contribution >= 4 is 5.84 Å². The van der Waals surface area contributed by atoms with Gasteiger partial charge >= 0.3 is 0 Å². The summed E-state index contributed by atoms with van der Waals surface area (Å²) in [6, 6.07) is 0. The van der Waals surface area contributed by atoms with E-state index < -0.39 is 0 Å². The van der Waals surface area contributed by atoms with Crippen molar-refractivity contribution in [2.75, 3.05) is 6.61 Å². The van der Waals surface area contributed by atoms with Crippen LogP contribution < -0.4 is 5.48 Å². The molecule has 0 bridgehead atoms. The lowest BCUT2D eigenvalue weighted by atomic mass is 10.2. The van der Waals surface area contributed by atoms with Gasteiger partial charge in [-0.1, -0.05) is 20.4 Å². The average molecular weight is 170 g/mol. The van der Waals surface area contributed by atoms with Crippen LogP contribution in [0.2, 0.25) is 0 Å². The van der Waals surface area contributed by atoms with Crippen molar-refractivity contribution in [3.8, 4) is 0 Å². The molecule has 0 amide bonds. The van der Waals surface area contributed by atoms with Gasteiger partial charge in [0.1, 0.15) is 5.84 Å². The third kappa shape index (κ3) is 4.91. The molecule has 0 aliphatic rings. The molecular formula is C9H18N2O. The van der Waals surface area contributed by atoms with Gasteiger partial charge in [-0.05, 0) is 13.8 Å². The van der Waals surface area contributed by atoms with Crippen LogP contribution in [0.5, 0.6) is 0 Å². The van der Waals surface area contributed by atoms with Gasteiger partial charge in [0.05, 0.1) is 6.61 Å². The number of nitrogens with zero attached hydrogens (tertiary/aromatic N) is 1. The molecule has 0 saturated carbocycles. The topological polar surface area (TPSA) is 33.6 Å². The van der Waals surface area contributed by atoms with Crippen molar-refractivity contribution < 1.29 is 4.84 Å². The molecule has 0 spiro atoms. The summed E-state index contributed by atoms with van der Waals surface area (Å²) in [5.74, 6) is 1.15. The Bertz CT molecular complexity index is 173. The number of nitrogens with one attached hydrogen (secondary N) is 1. The second-order valence-electron chi connectivity index (χ2n) is 2.92. The fourth-order valence-corrected chi connectivity index (χ4v) is 0.622. The Kier molecular flexibility index (Phi) is 5.37. The van der Waals surface area contributed by atoms with Gasteiger partial charge in [-0.25, -0.2) is 4.99 Å². The van der Waals surface area contributed by atoms with Crippen LogP contribution in [-0.2, 0) is 4.84 Å². The van der Waals surface area contributed by atoms with E-state index in [-0.39, 0.29) is 0 Å². The molecule has 0 unspecified atom stereocenters. The molecule has 0 atom stereocenters. The van der Waals surface area contributed by atoms with Crippen LogP contribution in [0.4, 0.5) is 0 Å². The van der Waals surface area contributed by atoms with Crippen LogP contribution in [0.15, 0.2) is 17.3 Å². The highest BCUT2D eigenvalue weighted by Crippen LogP contribution is 1.98. The summed E-state index contributed by atoms with van der Waals surface area (Å²) in [4.78, 5) is 9.24. The molecule has 0 radical (unpaired) electrons. The van der Waals surface area contributed by atoms with Gasteiger partial charge in [-0.3, -0.25) is 10.3 Å². The number of rotatable bonds is 4. The number of hydroxylamine groups is 1. The lowest BCUT2D eigenvalue weighted by Gasteiger charge is -2.11. The van der Waals surface area contributed by atoms with Gasteiger partial charge in [0.2, 0.25) is 0 Å². The summed E-state index contributed by atoms with van der Waals surface area (Å²) in [7, 11) is 0. The molecule has 0 rings (SSSR count). The van der Waals surface area contributed by atoms with Crippen LogP contribution in [0.3, 0.4) is 0 Å². The van der Waals surface area contributed by atoms with Gasteiger partial charge in [0, 0.05) is 11.6 Å². The van der Waals surface area contributed by atoms with Gasteiger partial charge < -0.3 is 0 Å². The third-order valence-corrected chi connectivity index (χ3v) is 1.18. The second kappa shape index (κ2) is 5.77. The van der Waals surface area contributed by atoms with E-state index >= 15 is 0 Å². The zero-order valence-electron chi connectivity index (χ0n) is 8.35. The lowest BCUT2D eigenvalue weighted by Crippen LogP contribution is -2.28. The molecule has 0 heterocycles. The van der Waals surface area contributed by atoms with Crippen molar-refractivity contribution in [2.45, 2.75) is 27.7 Å². The highest BCUT2D eigenvalue weighted by atomic mass is 16.6. The third-order valence-electron chi connectivity index (χ3n) is 1.18. The first kappa shape index (κ1) is 11.2. The molecule has 0 aliphatic heterocycles.